The Morgan fingerprint density at radius 1 is 1.22 bits per heavy atom. The number of benzene rings is 1. The highest BCUT2D eigenvalue weighted by Crippen LogP contribution is 2.42. The summed E-state index contributed by atoms with van der Waals surface area (Å²) in [4.78, 5) is 18.6. The van der Waals surface area contributed by atoms with Crippen LogP contribution >= 0.6 is 0 Å². The lowest BCUT2D eigenvalue weighted by atomic mass is 9.67. The maximum absolute atomic E-state index is 12.3. The summed E-state index contributed by atoms with van der Waals surface area (Å²) in [6.07, 6.45) is 5.16. The van der Waals surface area contributed by atoms with Gasteiger partial charge in [0.1, 0.15) is 0 Å². The van der Waals surface area contributed by atoms with E-state index in [1.54, 1.807) is 7.05 Å². The number of likely N-dealkylation sites (N-methyl/N-ethyl adjacent to an activating group) is 1. The molecule has 1 amide bonds. The van der Waals surface area contributed by atoms with E-state index in [1.165, 1.54) is 25.7 Å². The van der Waals surface area contributed by atoms with Crippen molar-refractivity contribution in [3.8, 4) is 0 Å². The van der Waals surface area contributed by atoms with Crippen molar-refractivity contribution >= 4 is 11.9 Å². The standard InChI is InChI=1S/C21H35N5O/c1-5-21(10-7-11-21)16-25-20(22-2)24-15-17-8-6-9-18(14-17)19(27)23-12-13-26(3)4/h6,8-9,14H,5,7,10-13,15-16H2,1-4H3,(H,23,27)(H2,22,24,25). The largest absolute Gasteiger partial charge is 0.356 e. The van der Waals surface area contributed by atoms with Gasteiger partial charge in [-0.25, -0.2) is 0 Å². The topological polar surface area (TPSA) is 68.8 Å². The maximum atomic E-state index is 12.3. The maximum Gasteiger partial charge on any atom is 0.251 e. The lowest BCUT2D eigenvalue weighted by Crippen LogP contribution is -2.46. The van der Waals surface area contributed by atoms with Crippen LogP contribution in [0.25, 0.3) is 0 Å². The first-order chi connectivity index (χ1) is 13.0. The van der Waals surface area contributed by atoms with Gasteiger partial charge in [0, 0.05) is 38.8 Å². The molecule has 0 aromatic heterocycles. The van der Waals surface area contributed by atoms with Crippen LogP contribution in [0.4, 0.5) is 0 Å². The van der Waals surface area contributed by atoms with Gasteiger partial charge < -0.3 is 20.9 Å². The fourth-order valence-electron chi connectivity index (χ4n) is 3.33. The molecule has 0 radical (unpaired) electrons. The van der Waals surface area contributed by atoms with E-state index in [9.17, 15) is 4.79 Å². The minimum atomic E-state index is -0.0314. The Bertz CT molecular complexity index is 632. The van der Waals surface area contributed by atoms with Gasteiger partial charge >= 0.3 is 0 Å². The molecule has 1 aromatic carbocycles. The molecule has 1 aliphatic rings. The Morgan fingerprint density at radius 2 is 2.00 bits per heavy atom. The summed E-state index contributed by atoms with van der Waals surface area (Å²) in [7, 11) is 5.78. The molecule has 3 N–H and O–H groups in total. The van der Waals surface area contributed by atoms with Crippen LogP contribution in [0.1, 0.15) is 48.5 Å². The lowest BCUT2D eigenvalue weighted by Gasteiger charge is -2.41. The van der Waals surface area contributed by atoms with Crippen molar-refractivity contribution in [3.63, 3.8) is 0 Å². The Labute approximate surface area is 163 Å². The molecule has 0 heterocycles. The first-order valence-electron chi connectivity index (χ1n) is 9.94. The van der Waals surface area contributed by atoms with E-state index in [0.717, 1.165) is 24.6 Å². The zero-order valence-electron chi connectivity index (χ0n) is 17.3. The minimum absolute atomic E-state index is 0.0314. The fourth-order valence-corrected chi connectivity index (χ4v) is 3.33. The van der Waals surface area contributed by atoms with Crippen LogP contribution in [0.2, 0.25) is 0 Å². The molecule has 1 aromatic rings. The quantitative estimate of drug-likeness (QED) is 0.459. The Kier molecular flexibility index (Phi) is 8.10. The average Bonchev–Trinajstić information content (AvgIpc) is 2.63. The normalized spacial score (nSPS) is 16.0. The zero-order valence-corrected chi connectivity index (χ0v) is 17.3. The van der Waals surface area contributed by atoms with Crippen molar-refractivity contribution in [1.29, 1.82) is 0 Å². The third-order valence-electron chi connectivity index (χ3n) is 5.51. The molecule has 1 saturated carbocycles. The highest BCUT2D eigenvalue weighted by molar-refractivity contribution is 5.94. The van der Waals surface area contributed by atoms with Gasteiger partial charge in [0.15, 0.2) is 5.96 Å². The lowest BCUT2D eigenvalue weighted by molar-refractivity contribution is 0.0951. The monoisotopic (exact) mass is 373 g/mol. The number of nitrogens with zero attached hydrogens (tertiary/aromatic N) is 2. The van der Waals surface area contributed by atoms with Gasteiger partial charge in [0.05, 0.1) is 0 Å². The molecule has 1 aliphatic carbocycles. The summed E-state index contributed by atoms with van der Waals surface area (Å²) in [5.74, 6) is 0.784. The average molecular weight is 374 g/mol. The smallest absolute Gasteiger partial charge is 0.251 e. The first kappa shape index (κ1) is 21.2. The molecule has 0 bridgehead atoms. The molecule has 2 rings (SSSR count). The SMILES string of the molecule is CCC1(CNC(=NC)NCc2cccc(C(=O)NCCN(C)C)c2)CCC1. The predicted octanol–water partition coefficient (Wildman–Crippen LogP) is 2.22. The number of nitrogens with one attached hydrogen (secondary N) is 3. The second kappa shape index (κ2) is 10.3. The summed E-state index contributed by atoms with van der Waals surface area (Å²) < 4.78 is 0. The zero-order chi connectivity index (χ0) is 19.7. The van der Waals surface area contributed by atoms with E-state index >= 15 is 0 Å². The van der Waals surface area contributed by atoms with Gasteiger partial charge in [0.2, 0.25) is 0 Å². The Balaban J connectivity index is 1.83. The molecule has 150 valence electrons. The molecule has 0 spiro atoms. The summed E-state index contributed by atoms with van der Waals surface area (Å²) in [6, 6.07) is 7.73. The van der Waals surface area contributed by atoms with Crippen molar-refractivity contribution in [1.82, 2.24) is 20.9 Å². The highest BCUT2D eigenvalue weighted by atomic mass is 16.1. The number of hydrogen-bond acceptors (Lipinski definition) is 3. The molecule has 0 aliphatic heterocycles. The molecule has 1 fully saturated rings. The van der Waals surface area contributed by atoms with E-state index < -0.39 is 0 Å². The number of carbonyl (C=O) groups is 1. The number of rotatable bonds is 9. The minimum Gasteiger partial charge on any atom is -0.356 e. The summed E-state index contributed by atoms with van der Waals surface area (Å²) in [6.45, 7) is 5.35. The van der Waals surface area contributed by atoms with Crippen molar-refractivity contribution in [2.45, 2.75) is 39.2 Å². The van der Waals surface area contributed by atoms with Gasteiger partial charge in [-0.15, -0.1) is 0 Å². The van der Waals surface area contributed by atoms with Crippen LogP contribution in [0.15, 0.2) is 29.3 Å². The second-order valence-corrected chi connectivity index (χ2v) is 7.75. The predicted molar refractivity (Wildman–Crippen MR) is 112 cm³/mol. The van der Waals surface area contributed by atoms with Gasteiger partial charge in [-0.3, -0.25) is 9.79 Å². The van der Waals surface area contributed by atoms with E-state index in [4.69, 9.17) is 0 Å². The van der Waals surface area contributed by atoms with E-state index in [1.807, 2.05) is 43.3 Å². The third kappa shape index (κ3) is 6.54. The van der Waals surface area contributed by atoms with Gasteiger partial charge in [0.25, 0.3) is 5.91 Å². The molecule has 0 unspecified atom stereocenters. The molecule has 27 heavy (non-hydrogen) atoms. The van der Waals surface area contributed by atoms with Gasteiger partial charge in [-0.1, -0.05) is 25.5 Å². The van der Waals surface area contributed by atoms with Crippen LogP contribution in [0, 0.1) is 5.41 Å². The highest BCUT2D eigenvalue weighted by Gasteiger charge is 2.34. The first-order valence-corrected chi connectivity index (χ1v) is 9.94. The molecule has 0 atom stereocenters. The Hall–Kier alpha value is -2.08. The molecular weight excluding hydrogens is 338 g/mol. The number of aliphatic imine (C=N–C) groups is 1. The van der Waals surface area contributed by atoms with Crippen molar-refractivity contribution in [3.05, 3.63) is 35.4 Å². The van der Waals surface area contributed by atoms with Crippen LogP contribution in [-0.4, -0.2) is 57.5 Å². The van der Waals surface area contributed by atoms with Gasteiger partial charge in [-0.05, 0) is 56.5 Å². The van der Waals surface area contributed by atoms with Crippen molar-refractivity contribution < 1.29 is 4.79 Å². The van der Waals surface area contributed by atoms with Crippen LogP contribution in [-0.2, 0) is 6.54 Å². The molecular formula is C21H35N5O. The number of amides is 1. The van der Waals surface area contributed by atoms with E-state index in [2.05, 4.69) is 27.9 Å². The number of guanidine groups is 1. The third-order valence-corrected chi connectivity index (χ3v) is 5.51. The second-order valence-electron chi connectivity index (χ2n) is 7.75. The number of hydrogen-bond donors (Lipinski definition) is 3. The van der Waals surface area contributed by atoms with Crippen LogP contribution in [0.5, 0.6) is 0 Å². The van der Waals surface area contributed by atoms with Crippen LogP contribution in [0.3, 0.4) is 0 Å². The summed E-state index contributed by atoms with van der Waals surface area (Å²) in [5.41, 5.74) is 2.20. The molecule has 0 saturated heterocycles. The van der Waals surface area contributed by atoms with Crippen molar-refractivity contribution in [2.75, 3.05) is 40.8 Å². The summed E-state index contributed by atoms with van der Waals surface area (Å²) in [5, 5.41) is 9.77. The molecule has 6 nitrogen and oxygen atoms in total. The summed E-state index contributed by atoms with van der Waals surface area (Å²) >= 11 is 0. The molecule has 6 heteroatoms. The van der Waals surface area contributed by atoms with Crippen LogP contribution < -0.4 is 16.0 Å². The Morgan fingerprint density at radius 3 is 2.59 bits per heavy atom. The number of carbonyl (C=O) groups excluding carboxylic acids is 1. The van der Waals surface area contributed by atoms with E-state index in [0.29, 0.717) is 24.1 Å². The van der Waals surface area contributed by atoms with Gasteiger partial charge in [-0.2, -0.15) is 0 Å². The van der Waals surface area contributed by atoms with E-state index in [-0.39, 0.29) is 5.91 Å². The fraction of sp³-hybridized carbons (Fsp3) is 0.619. The van der Waals surface area contributed by atoms with Crippen molar-refractivity contribution in [2.24, 2.45) is 10.4 Å².